The zero-order valence-corrected chi connectivity index (χ0v) is 13.4. The number of thiophene rings is 2. The number of carbonyl (C=O) groups is 2. The molecule has 6 heteroatoms. The third-order valence-electron chi connectivity index (χ3n) is 3.38. The van der Waals surface area contributed by atoms with Crippen LogP contribution in [0.1, 0.15) is 28.9 Å². The molecular formula is C16H15NO3S2. The smallest absolute Gasteiger partial charge is 0.303 e. The van der Waals surface area contributed by atoms with Crippen LogP contribution >= 0.6 is 22.7 Å². The summed E-state index contributed by atoms with van der Waals surface area (Å²) in [4.78, 5) is 23.3. The maximum atomic E-state index is 12.1. The molecular weight excluding hydrogens is 318 g/mol. The van der Waals surface area contributed by atoms with E-state index in [0.29, 0.717) is 24.3 Å². The van der Waals surface area contributed by atoms with Gasteiger partial charge in [-0.05, 0) is 25.0 Å². The van der Waals surface area contributed by atoms with Crippen LogP contribution in [-0.4, -0.2) is 23.5 Å². The number of carbonyl (C=O) groups excluding carboxylic acids is 1. The molecule has 0 aliphatic heterocycles. The third kappa shape index (κ3) is 3.13. The minimum atomic E-state index is -0.795. The highest BCUT2D eigenvalue weighted by molar-refractivity contribution is 7.33. The fraction of sp³-hybridized carbons (Fsp3) is 0.250. The lowest BCUT2D eigenvalue weighted by molar-refractivity contribution is -0.137. The number of hydrogen-bond acceptors (Lipinski definition) is 4. The van der Waals surface area contributed by atoms with Gasteiger partial charge in [0.2, 0.25) is 0 Å². The van der Waals surface area contributed by atoms with Crippen LogP contribution in [0.4, 0.5) is 0 Å². The SMILES string of the molecule is O=C(O)CCCCNC(=O)c1cc2sc3ccccc3c2s1. The van der Waals surface area contributed by atoms with Crippen molar-refractivity contribution < 1.29 is 14.7 Å². The van der Waals surface area contributed by atoms with Crippen LogP contribution in [0.15, 0.2) is 30.3 Å². The van der Waals surface area contributed by atoms with Gasteiger partial charge in [0.25, 0.3) is 5.91 Å². The molecule has 3 aromatic rings. The van der Waals surface area contributed by atoms with Gasteiger partial charge in [0.05, 0.1) is 9.58 Å². The Bertz CT molecular complexity index is 834. The van der Waals surface area contributed by atoms with Crippen LogP contribution in [0.3, 0.4) is 0 Å². The Hall–Kier alpha value is -1.92. The summed E-state index contributed by atoms with van der Waals surface area (Å²) in [6, 6.07) is 10.1. The topological polar surface area (TPSA) is 66.4 Å². The van der Waals surface area contributed by atoms with Crippen molar-refractivity contribution >= 4 is 54.0 Å². The maximum Gasteiger partial charge on any atom is 0.303 e. The van der Waals surface area contributed by atoms with Crippen LogP contribution in [0.25, 0.3) is 19.5 Å². The first kappa shape index (κ1) is 15.0. The van der Waals surface area contributed by atoms with Gasteiger partial charge < -0.3 is 10.4 Å². The van der Waals surface area contributed by atoms with E-state index >= 15 is 0 Å². The molecule has 0 radical (unpaired) electrons. The van der Waals surface area contributed by atoms with Crippen molar-refractivity contribution in [3.8, 4) is 0 Å². The van der Waals surface area contributed by atoms with Gasteiger partial charge in [-0.3, -0.25) is 9.59 Å². The highest BCUT2D eigenvalue weighted by Crippen LogP contribution is 2.39. The van der Waals surface area contributed by atoms with Crippen LogP contribution in [0.5, 0.6) is 0 Å². The first-order valence-electron chi connectivity index (χ1n) is 7.06. The fourth-order valence-electron chi connectivity index (χ4n) is 2.30. The quantitative estimate of drug-likeness (QED) is 0.667. The van der Waals surface area contributed by atoms with Crippen molar-refractivity contribution in [1.29, 1.82) is 0 Å². The molecule has 0 saturated carbocycles. The molecule has 0 atom stereocenters. The molecule has 0 saturated heterocycles. The van der Waals surface area contributed by atoms with Gasteiger partial charge in [0.15, 0.2) is 0 Å². The molecule has 2 aromatic heterocycles. The summed E-state index contributed by atoms with van der Waals surface area (Å²) in [7, 11) is 0. The number of hydrogen-bond donors (Lipinski definition) is 2. The largest absolute Gasteiger partial charge is 0.481 e. The van der Waals surface area contributed by atoms with E-state index < -0.39 is 5.97 Å². The number of nitrogens with one attached hydrogen (secondary N) is 1. The Morgan fingerprint density at radius 2 is 1.91 bits per heavy atom. The highest BCUT2D eigenvalue weighted by Gasteiger charge is 2.13. The van der Waals surface area contributed by atoms with Crippen LogP contribution < -0.4 is 5.32 Å². The van der Waals surface area contributed by atoms with Gasteiger partial charge in [-0.1, -0.05) is 18.2 Å². The van der Waals surface area contributed by atoms with Gasteiger partial charge in [-0.15, -0.1) is 22.7 Å². The summed E-state index contributed by atoms with van der Waals surface area (Å²) in [5.41, 5.74) is 0. The van der Waals surface area contributed by atoms with Gasteiger partial charge >= 0.3 is 5.97 Å². The van der Waals surface area contributed by atoms with E-state index in [2.05, 4.69) is 17.4 Å². The second-order valence-electron chi connectivity index (χ2n) is 5.01. The molecule has 1 aromatic carbocycles. The second-order valence-corrected chi connectivity index (χ2v) is 7.14. The fourth-order valence-corrected chi connectivity index (χ4v) is 4.74. The zero-order chi connectivity index (χ0) is 15.5. The van der Waals surface area contributed by atoms with E-state index in [1.54, 1.807) is 11.3 Å². The molecule has 2 N–H and O–H groups in total. The summed E-state index contributed by atoms with van der Waals surface area (Å²) in [5, 5.41) is 12.6. The first-order valence-corrected chi connectivity index (χ1v) is 8.69. The predicted octanol–water partition coefficient (Wildman–Crippen LogP) is 4.10. The molecule has 114 valence electrons. The summed E-state index contributed by atoms with van der Waals surface area (Å²) >= 11 is 3.21. The number of rotatable bonds is 6. The summed E-state index contributed by atoms with van der Waals surface area (Å²) in [5.74, 6) is -0.871. The summed E-state index contributed by atoms with van der Waals surface area (Å²) in [6.45, 7) is 0.512. The first-order chi connectivity index (χ1) is 10.6. The molecule has 0 spiro atoms. The normalized spacial score (nSPS) is 11.1. The van der Waals surface area contributed by atoms with Crippen molar-refractivity contribution in [3.63, 3.8) is 0 Å². The van der Waals surface area contributed by atoms with Crippen molar-refractivity contribution in [1.82, 2.24) is 5.32 Å². The Kier molecular flexibility index (Phi) is 4.40. The monoisotopic (exact) mass is 333 g/mol. The van der Waals surface area contributed by atoms with Crippen LogP contribution in [-0.2, 0) is 4.79 Å². The number of benzene rings is 1. The average Bonchev–Trinajstić information content (AvgIpc) is 3.04. The molecule has 2 heterocycles. The second kappa shape index (κ2) is 6.46. The summed E-state index contributed by atoms with van der Waals surface area (Å²) < 4.78 is 3.54. The van der Waals surface area contributed by atoms with Gasteiger partial charge in [-0.2, -0.15) is 0 Å². The predicted molar refractivity (Wildman–Crippen MR) is 91.0 cm³/mol. The lowest BCUT2D eigenvalue weighted by atomic mass is 10.2. The maximum absolute atomic E-state index is 12.1. The minimum Gasteiger partial charge on any atom is -0.481 e. The molecule has 0 bridgehead atoms. The van der Waals surface area contributed by atoms with E-state index in [9.17, 15) is 9.59 Å². The van der Waals surface area contributed by atoms with E-state index in [-0.39, 0.29) is 12.3 Å². The molecule has 0 aliphatic carbocycles. The Morgan fingerprint density at radius 1 is 1.09 bits per heavy atom. The number of carboxylic acids is 1. The molecule has 1 amide bonds. The Labute approximate surface area is 135 Å². The van der Waals surface area contributed by atoms with Crippen molar-refractivity contribution in [2.45, 2.75) is 19.3 Å². The zero-order valence-electron chi connectivity index (χ0n) is 11.8. The van der Waals surface area contributed by atoms with E-state index in [1.165, 1.54) is 21.4 Å². The number of aliphatic carboxylic acids is 1. The van der Waals surface area contributed by atoms with Crippen molar-refractivity contribution in [3.05, 3.63) is 35.2 Å². The van der Waals surface area contributed by atoms with E-state index in [1.807, 2.05) is 18.2 Å². The van der Waals surface area contributed by atoms with E-state index in [0.717, 1.165) is 9.40 Å². The molecule has 3 rings (SSSR count). The van der Waals surface area contributed by atoms with Gasteiger partial charge in [0, 0.05) is 27.8 Å². The van der Waals surface area contributed by atoms with Crippen LogP contribution in [0, 0.1) is 0 Å². The lowest BCUT2D eigenvalue weighted by Gasteiger charge is -2.02. The van der Waals surface area contributed by atoms with Crippen LogP contribution in [0.2, 0.25) is 0 Å². The highest BCUT2D eigenvalue weighted by atomic mass is 32.1. The van der Waals surface area contributed by atoms with Crippen molar-refractivity contribution in [2.24, 2.45) is 0 Å². The Morgan fingerprint density at radius 3 is 2.73 bits per heavy atom. The number of fused-ring (bicyclic) bond motifs is 3. The number of carboxylic acid groups (broad SMARTS) is 1. The Balaban J connectivity index is 1.65. The molecule has 0 fully saturated rings. The lowest BCUT2D eigenvalue weighted by Crippen LogP contribution is -2.23. The summed E-state index contributed by atoms with van der Waals surface area (Å²) in [6.07, 6.45) is 1.41. The molecule has 4 nitrogen and oxygen atoms in total. The molecule has 0 unspecified atom stereocenters. The molecule has 0 aliphatic rings. The third-order valence-corrected chi connectivity index (χ3v) is 5.79. The van der Waals surface area contributed by atoms with Gasteiger partial charge in [-0.25, -0.2) is 0 Å². The van der Waals surface area contributed by atoms with Crippen molar-refractivity contribution in [2.75, 3.05) is 6.54 Å². The average molecular weight is 333 g/mol. The molecule has 22 heavy (non-hydrogen) atoms. The minimum absolute atomic E-state index is 0.0761. The van der Waals surface area contributed by atoms with Gasteiger partial charge in [0.1, 0.15) is 0 Å². The number of unbranched alkanes of at least 4 members (excludes halogenated alkanes) is 1. The standard InChI is InChI=1S/C16H15NO3S2/c18-14(19)7-3-4-8-17-16(20)13-9-12-15(22-13)10-5-1-2-6-11(10)21-12/h1-2,5-6,9H,3-4,7-8H2,(H,17,20)(H,18,19). The number of amides is 1. The van der Waals surface area contributed by atoms with E-state index in [4.69, 9.17) is 5.11 Å².